The maximum absolute atomic E-state index is 13.1. The molecule has 620 valence electrons. The molecule has 0 aromatic rings. The molecule has 0 saturated heterocycles. The largest absolute Gasteiger partial charge is 0.472 e. The molecule has 19 heteroatoms. The van der Waals surface area contributed by atoms with Crippen molar-refractivity contribution in [3.63, 3.8) is 0 Å². The Labute approximate surface area is 643 Å². The van der Waals surface area contributed by atoms with Crippen LogP contribution in [-0.2, 0) is 65.4 Å². The van der Waals surface area contributed by atoms with E-state index in [4.69, 9.17) is 37.0 Å². The van der Waals surface area contributed by atoms with Crippen LogP contribution in [0.4, 0.5) is 0 Å². The van der Waals surface area contributed by atoms with Crippen LogP contribution in [0.1, 0.15) is 433 Å². The molecule has 0 aromatic heterocycles. The number of allylic oxidation sites excluding steroid dienone is 4. The lowest BCUT2D eigenvalue weighted by Crippen LogP contribution is -2.30. The molecule has 0 saturated carbocycles. The summed E-state index contributed by atoms with van der Waals surface area (Å²) < 4.78 is 68.8. The van der Waals surface area contributed by atoms with Crippen molar-refractivity contribution >= 4 is 39.5 Å². The highest BCUT2D eigenvalue weighted by Gasteiger charge is 2.30. The fraction of sp³-hybridized carbons (Fsp3) is 0.907. The highest BCUT2D eigenvalue weighted by Crippen LogP contribution is 2.45. The van der Waals surface area contributed by atoms with Crippen molar-refractivity contribution in [3.8, 4) is 0 Å². The van der Waals surface area contributed by atoms with E-state index in [1.54, 1.807) is 0 Å². The van der Waals surface area contributed by atoms with Gasteiger partial charge >= 0.3 is 39.5 Å². The van der Waals surface area contributed by atoms with Crippen LogP contribution in [0.5, 0.6) is 0 Å². The van der Waals surface area contributed by atoms with Crippen LogP contribution in [0.3, 0.4) is 0 Å². The first-order valence-corrected chi connectivity index (χ1v) is 46.8. The average Bonchev–Trinajstić information content (AvgIpc) is 0.910. The van der Waals surface area contributed by atoms with Crippen LogP contribution in [0, 0.1) is 11.8 Å². The average molecular weight is 1530 g/mol. The van der Waals surface area contributed by atoms with Crippen molar-refractivity contribution < 1.29 is 80.2 Å². The Kier molecular flexibility index (Phi) is 75.1. The van der Waals surface area contributed by atoms with E-state index in [1.807, 2.05) is 0 Å². The Morgan fingerprint density at radius 2 is 0.562 bits per heavy atom. The summed E-state index contributed by atoms with van der Waals surface area (Å²) in [4.78, 5) is 73.2. The van der Waals surface area contributed by atoms with Gasteiger partial charge in [-0.15, -0.1) is 0 Å². The summed E-state index contributed by atoms with van der Waals surface area (Å²) in [6.45, 7) is 9.65. The molecule has 3 unspecified atom stereocenters. The number of phosphoric ester groups is 2. The van der Waals surface area contributed by atoms with E-state index in [0.29, 0.717) is 25.7 Å². The van der Waals surface area contributed by atoms with E-state index in [0.717, 1.165) is 115 Å². The van der Waals surface area contributed by atoms with Crippen molar-refractivity contribution in [1.82, 2.24) is 0 Å². The quantitative estimate of drug-likeness (QED) is 0.0169. The molecule has 0 aliphatic carbocycles. The summed E-state index contributed by atoms with van der Waals surface area (Å²) in [5.41, 5.74) is 0. The van der Waals surface area contributed by atoms with Gasteiger partial charge in [-0.05, 0) is 63.2 Å². The molecule has 0 bridgehead atoms. The van der Waals surface area contributed by atoms with Gasteiger partial charge < -0.3 is 33.8 Å². The zero-order valence-electron chi connectivity index (χ0n) is 68.5. The molecular weight excluding hydrogens is 1370 g/mol. The van der Waals surface area contributed by atoms with Gasteiger partial charge in [0, 0.05) is 25.7 Å². The second kappa shape index (κ2) is 76.9. The van der Waals surface area contributed by atoms with Gasteiger partial charge in [-0.2, -0.15) is 0 Å². The number of carbonyl (C=O) groups excluding carboxylic acids is 4. The van der Waals surface area contributed by atoms with Crippen molar-refractivity contribution in [2.24, 2.45) is 11.8 Å². The molecule has 0 amide bonds. The van der Waals surface area contributed by atoms with Crippen molar-refractivity contribution in [3.05, 3.63) is 24.3 Å². The standard InChI is InChI=1S/C86H164O17P2/c1-7-10-12-14-16-18-20-22-24-31-34-38-44-50-56-62-68-83(88)96-74-81(102-86(91)71-65-59-53-46-40-36-32-28-26-25-27-30-33-37-43-49-55-61-67-79(6)9-3)76-100-104(92,93)98-72-80(87)73-99-105(94,95)101-77-82(75-97-84(89)69-63-57-51-47-41-42-48-54-60-66-78(4)5)103-85(90)70-64-58-52-45-39-35-29-23-21-19-17-15-13-11-8-2/h19,21,23,29,78-82,87H,7-18,20,22,24-28,30-77H2,1-6H3,(H,92,93)(H,94,95)/b21-19-,29-23-/t79?,80-,81-,82-/m1/s1. The van der Waals surface area contributed by atoms with Crippen molar-refractivity contribution in [2.75, 3.05) is 39.6 Å². The number of hydrogen-bond acceptors (Lipinski definition) is 15. The number of ether oxygens (including phenoxy) is 4. The van der Waals surface area contributed by atoms with Gasteiger partial charge in [0.15, 0.2) is 12.2 Å². The van der Waals surface area contributed by atoms with Gasteiger partial charge in [0.1, 0.15) is 19.3 Å². The zero-order chi connectivity index (χ0) is 77.1. The third-order valence-corrected chi connectivity index (χ3v) is 21.8. The van der Waals surface area contributed by atoms with E-state index in [-0.39, 0.29) is 25.7 Å². The highest BCUT2D eigenvalue weighted by atomic mass is 31.2. The molecule has 0 radical (unpaired) electrons. The summed E-state index contributed by atoms with van der Waals surface area (Å²) in [5.74, 6) is -0.522. The number of carbonyl (C=O) groups is 4. The van der Waals surface area contributed by atoms with Crippen LogP contribution >= 0.6 is 15.6 Å². The smallest absolute Gasteiger partial charge is 0.462 e. The van der Waals surface area contributed by atoms with Gasteiger partial charge in [-0.1, -0.05) is 380 Å². The summed E-state index contributed by atoms with van der Waals surface area (Å²) in [5, 5.41) is 10.7. The van der Waals surface area contributed by atoms with E-state index in [1.165, 1.54) is 238 Å². The Bertz CT molecular complexity index is 2110. The van der Waals surface area contributed by atoms with E-state index in [2.05, 4.69) is 65.8 Å². The molecule has 6 atom stereocenters. The minimum absolute atomic E-state index is 0.0850. The fourth-order valence-corrected chi connectivity index (χ4v) is 14.4. The van der Waals surface area contributed by atoms with Gasteiger partial charge in [0.25, 0.3) is 0 Å². The number of aliphatic hydroxyl groups excluding tert-OH is 1. The van der Waals surface area contributed by atoms with Gasteiger partial charge in [0.05, 0.1) is 26.4 Å². The number of phosphoric acid groups is 2. The number of aliphatic hydroxyl groups is 1. The SMILES string of the molecule is CCCCCC/C=C\C=C/CCCCCCCC(=O)O[C@H](COC(=O)CCCCCCCCCCCC(C)C)COP(=O)(O)OC[C@H](O)COP(=O)(O)OC[C@@H](COC(=O)CCCCCCCCCCCCCCCCCC)OC(=O)CCCCCCCCCCCCCCCCCCCCC(C)CC. The summed E-state index contributed by atoms with van der Waals surface area (Å²) in [6, 6.07) is 0. The lowest BCUT2D eigenvalue weighted by Gasteiger charge is -2.21. The molecule has 105 heavy (non-hydrogen) atoms. The first kappa shape index (κ1) is 103. The monoisotopic (exact) mass is 1530 g/mol. The van der Waals surface area contributed by atoms with Crippen LogP contribution in [-0.4, -0.2) is 96.7 Å². The molecule has 0 rings (SSSR count). The first-order valence-electron chi connectivity index (χ1n) is 43.8. The number of hydrogen-bond donors (Lipinski definition) is 3. The lowest BCUT2D eigenvalue weighted by atomic mass is 9.99. The highest BCUT2D eigenvalue weighted by molar-refractivity contribution is 7.47. The predicted octanol–water partition coefficient (Wildman–Crippen LogP) is 25.8. The van der Waals surface area contributed by atoms with Crippen molar-refractivity contribution in [2.45, 2.75) is 452 Å². The molecule has 0 fully saturated rings. The normalized spacial score (nSPS) is 14.2. The third kappa shape index (κ3) is 78.0. The summed E-state index contributed by atoms with van der Waals surface area (Å²) in [7, 11) is -9.94. The summed E-state index contributed by atoms with van der Waals surface area (Å²) >= 11 is 0. The minimum atomic E-state index is -4.97. The van der Waals surface area contributed by atoms with E-state index >= 15 is 0 Å². The van der Waals surface area contributed by atoms with E-state index in [9.17, 15) is 43.2 Å². The Balaban J connectivity index is 5.27. The molecule has 3 N–H and O–H groups in total. The molecule has 0 heterocycles. The van der Waals surface area contributed by atoms with Crippen LogP contribution in [0.2, 0.25) is 0 Å². The minimum Gasteiger partial charge on any atom is -0.462 e. The molecular formula is C86H164O17P2. The van der Waals surface area contributed by atoms with Crippen LogP contribution < -0.4 is 0 Å². The van der Waals surface area contributed by atoms with Gasteiger partial charge in [-0.25, -0.2) is 9.13 Å². The maximum Gasteiger partial charge on any atom is 0.472 e. The topological polar surface area (TPSA) is 237 Å². The van der Waals surface area contributed by atoms with Crippen LogP contribution in [0.15, 0.2) is 24.3 Å². The molecule has 17 nitrogen and oxygen atoms in total. The molecule has 0 spiro atoms. The maximum atomic E-state index is 13.1. The van der Waals surface area contributed by atoms with Crippen LogP contribution in [0.25, 0.3) is 0 Å². The van der Waals surface area contributed by atoms with Crippen molar-refractivity contribution in [1.29, 1.82) is 0 Å². The van der Waals surface area contributed by atoms with E-state index < -0.39 is 97.5 Å². The zero-order valence-corrected chi connectivity index (χ0v) is 70.3. The second-order valence-electron chi connectivity index (χ2n) is 31.0. The Morgan fingerprint density at radius 1 is 0.314 bits per heavy atom. The van der Waals surface area contributed by atoms with Gasteiger partial charge in [-0.3, -0.25) is 37.3 Å². The summed E-state index contributed by atoms with van der Waals surface area (Å²) in [6.07, 6.45) is 71.6. The number of esters is 4. The molecule has 0 aromatic carbocycles. The molecule has 0 aliphatic rings. The fourth-order valence-electron chi connectivity index (χ4n) is 12.8. The second-order valence-corrected chi connectivity index (χ2v) is 33.9. The van der Waals surface area contributed by atoms with Gasteiger partial charge in [0.2, 0.25) is 0 Å². The third-order valence-electron chi connectivity index (χ3n) is 19.9. The number of rotatable bonds is 83. The number of unbranched alkanes of at least 4 members (excludes halogenated alkanes) is 49. The predicted molar refractivity (Wildman–Crippen MR) is 432 cm³/mol. The Hall–Kier alpha value is -2.46. The Morgan fingerprint density at radius 3 is 0.857 bits per heavy atom. The first-order chi connectivity index (χ1) is 50.9. The lowest BCUT2D eigenvalue weighted by molar-refractivity contribution is -0.161. The molecule has 0 aliphatic heterocycles.